The van der Waals surface area contributed by atoms with Gasteiger partial charge in [-0.25, -0.2) is 4.99 Å². The van der Waals surface area contributed by atoms with Crippen LogP contribution >= 0.6 is 0 Å². The van der Waals surface area contributed by atoms with Crippen molar-refractivity contribution in [1.29, 1.82) is 0 Å². The van der Waals surface area contributed by atoms with Crippen molar-refractivity contribution >= 4 is 5.84 Å². The maximum Gasteiger partial charge on any atom is 0.102 e. The standard InChI is InChI=1S/C11H20N2/c1-3-5-7-10(4-2)13-11-8-6-9-12-11/h7H,3-6,8-9H2,1-2H3,(H,12,13)/b10-7-. The third-order valence-electron chi connectivity index (χ3n) is 2.23. The van der Waals surface area contributed by atoms with Crippen LogP contribution in [0.3, 0.4) is 0 Å². The molecule has 13 heavy (non-hydrogen) atoms. The Morgan fingerprint density at radius 1 is 1.54 bits per heavy atom. The van der Waals surface area contributed by atoms with Crippen LogP contribution in [-0.2, 0) is 0 Å². The lowest BCUT2D eigenvalue weighted by Gasteiger charge is -2.00. The molecule has 0 radical (unpaired) electrons. The lowest BCUT2D eigenvalue weighted by atomic mass is 10.2. The first-order chi connectivity index (χ1) is 6.36. The monoisotopic (exact) mass is 180 g/mol. The van der Waals surface area contributed by atoms with Crippen LogP contribution in [0.5, 0.6) is 0 Å². The quantitative estimate of drug-likeness (QED) is 0.707. The molecule has 1 aliphatic rings. The lowest BCUT2D eigenvalue weighted by Crippen LogP contribution is -2.14. The molecule has 2 heteroatoms. The Kier molecular flexibility index (Phi) is 4.58. The minimum atomic E-state index is 1.05. The van der Waals surface area contributed by atoms with Gasteiger partial charge in [0.25, 0.3) is 0 Å². The molecule has 0 aliphatic carbocycles. The average molecular weight is 180 g/mol. The molecule has 1 heterocycles. The van der Waals surface area contributed by atoms with E-state index in [0.29, 0.717) is 0 Å². The molecular weight excluding hydrogens is 160 g/mol. The summed E-state index contributed by atoms with van der Waals surface area (Å²) in [5, 5.41) is 3.31. The molecule has 0 saturated carbocycles. The van der Waals surface area contributed by atoms with Crippen molar-refractivity contribution in [2.75, 3.05) is 6.54 Å². The van der Waals surface area contributed by atoms with E-state index in [0.717, 1.165) is 25.8 Å². The number of unbranched alkanes of at least 4 members (excludes halogenated alkanes) is 1. The van der Waals surface area contributed by atoms with Crippen molar-refractivity contribution in [1.82, 2.24) is 5.32 Å². The van der Waals surface area contributed by atoms with Crippen molar-refractivity contribution in [2.45, 2.75) is 46.0 Å². The van der Waals surface area contributed by atoms with Crippen LogP contribution in [0.2, 0.25) is 0 Å². The van der Waals surface area contributed by atoms with Crippen LogP contribution < -0.4 is 5.32 Å². The number of allylic oxidation sites excluding steroid dienone is 2. The summed E-state index contributed by atoms with van der Waals surface area (Å²) in [6.07, 6.45) is 8.03. The number of nitrogens with zero attached hydrogens (tertiary/aromatic N) is 1. The van der Waals surface area contributed by atoms with Gasteiger partial charge in [-0.2, -0.15) is 0 Å². The molecule has 0 aromatic carbocycles. The summed E-state index contributed by atoms with van der Waals surface area (Å²) in [7, 11) is 0. The second-order valence-electron chi connectivity index (χ2n) is 3.43. The largest absolute Gasteiger partial charge is 0.374 e. The van der Waals surface area contributed by atoms with Crippen molar-refractivity contribution < 1.29 is 0 Å². The highest BCUT2D eigenvalue weighted by Gasteiger charge is 2.06. The fraction of sp³-hybridized carbons (Fsp3) is 0.727. The summed E-state index contributed by atoms with van der Waals surface area (Å²) >= 11 is 0. The molecule has 1 fully saturated rings. The number of hydrogen-bond acceptors (Lipinski definition) is 1. The summed E-state index contributed by atoms with van der Waals surface area (Å²) in [6.45, 7) is 5.47. The summed E-state index contributed by atoms with van der Waals surface area (Å²) in [5.74, 6) is 1.18. The molecule has 0 atom stereocenters. The van der Waals surface area contributed by atoms with Gasteiger partial charge in [0.15, 0.2) is 0 Å². The van der Waals surface area contributed by atoms with Crippen molar-refractivity contribution in [3.05, 3.63) is 11.8 Å². The van der Waals surface area contributed by atoms with Crippen LogP contribution in [0.15, 0.2) is 16.8 Å². The summed E-state index contributed by atoms with van der Waals surface area (Å²) in [6, 6.07) is 0. The Morgan fingerprint density at radius 3 is 2.92 bits per heavy atom. The van der Waals surface area contributed by atoms with Crippen LogP contribution in [0, 0.1) is 0 Å². The van der Waals surface area contributed by atoms with Crippen LogP contribution in [0.25, 0.3) is 0 Å². The normalized spacial score (nSPS) is 20.8. The third kappa shape index (κ3) is 3.62. The number of amidine groups is 1. The van der Waals surface area contributed by atoms with Gasteiger partial charge < -0.3 is 5.32 Å². The van der Waals surface area contributed by atoms with Gasteiger partial charge in [-0.1, -0.05) is 26.3 Å². The van der Waals surface area contributed by atoms with E-state index in [9.17, 15) is 0 Å². The Labute approximate surface area is 81.1 Å². The summed E-state index contributed by atoms with van der Waals surface area (Å²) < 4.78 is 0. The molecule has 0 spiro atoms. The van der Waals surface area contributed by atoms with Gasteiger partial charge in [0, 0.05) is 18.7 Å². The first kappa shape index (κ1) is 10.3. The first-order valence-electron chi connectivity index (χ1n) is 5.37. The second kappa shape index (κ2) is 5.79. The minimum Gasteiger partial charge on any atom is -0.374 e. The maximum absolute atomic E-state index is 4.60. The van der Waals surface area contributed by atoms with Gasteiger partial charge in [0.05, 0.1) is 0 Å². The highest BCUT2D eigenvalue weighted by molar-refractivity contribution is 5.84. The zero-order valence-electron chi connectivity index (χ0n) is 8.77. The van der Waals surface area contributed by atoms with Gasteiger partial charge in [0.1, 0.15) is 5.84 Å². The SMILES string of the molecule is CCC/C=C(CC)\N=C1/CCCN1. The molecule has 1 rings (SSSR count). The van der Waals surface area contributed by atoms with Crippen molar-refractivity contribution in [3.63, 3.8) is 0 Å². The maximum atomic E-state index is 4.60. The Balaban J connectivity index is 2.50. The Morgan fingerprint density at radius 2 is 2.38 bits per heavy atom. The molecule has 0 bridgehead atoms. The zero-order chi connectivity index (χ0) is 9.52. The number of rotatable bonds is 4. The van der Waals surface area contributed by atoms with E-state index in [1.807, 2.05) is 0 Å². The van der Waals surface area contributed by atoms with Gasteiger partial charge in [-0.05, 0) is 19.3 Å². The van der Waals surface area contributed by atoms with Crippen LogP contribution in [0.4, 0.5) is 0 Å². The molecule has 74 valence electrons. The average Bonchev–Trinajstić information content (AvgIpc) is 2.64. The van der Waals surface area contributed by atoms with Crippen molar-refractivity contribution in [2.24, 2.45) is 4.99 Å². The second-order valence-corrected chi connectivity index (χ2v) is 3.43. The smallest absolute Gasteiger partial charge is 0.102 e. The number of aliphatic imine (C=N–C) groups is 1. The predicted molar refractivity (Wildman–Crippen MR) is 58.0 cm³/mol. The Bertz CT molecular complexity index is 196. The van der Waals surface area contributed by atoms with Crippen molar-refractivity contribution in [3.8, 4) is 0 Å². The van der Waals surface area contributed by atoms with Crippen LogP contribution in [0.1, 0.15) is 46.0 Å². The molecule has 0 unspecified atom stereocenters. The summed E-state index contributed by atoms with van der Waals surface area (Å²) in [5.41, 5.74) is 1.24. The van der Waals surface area contributed by atoms with Gasteiger partial charge >= 0.3 is 0 Å². The topological polar surface area (TPSA) is 24.4 Å². The van der Waals surface area contributed by atoms with E-state index in [1.165, 1.54) is 24.4 Å². The number of nitrogens with one attached hydrogen (secondary N) is 1. The third-order valence-corrected chi connectivity index (χ3v) is 2.23. The van der Waals surface area contributed by atoms with E-state index in [-0.39, 0.29) is 0 Å². The molecule has 0 amide bonds. The predicted octanol–water partition coefficient (Wildman–Crippen LogP) is 2.86. The van der Waals surface area contributed by atoms with Gasteiger partial charge in [-0.3, -0.25) is 0 Å². The lowest BCUT2D eigenvalue weighted by molar-refractivity contribution is 0.910. The van der Waals surface area contributed by atoms with E-state index in [2.05, 4.69) is 30.2 Å². The van der Waals surface area contributed by atoms with Gasteiger partial charge in [-0.15, -0.1) is 0 Å². The molecule has 0 aromatic rings. The minimum absolute atomic E-state index is 1.05. The molecule has 1 N–H and O–H groups in total. The fourth-order valence-electron chi connectivity index (χ4n) is 1.43. The van der Waals surface area contributed by atoms with Crippen LogP contribution in [-0.4, -0.2) is 12.4 Å². The number of hydrogen-bond donors (Lipinski definition) is 1. The highest BCUT2D eigenvalue weighted by atomic mass is 15.0. The molecular formula is C11H20N2. The molecule has 1 saturated heterocycles. The van der Waals surface area contributed by atoms with Gasteiger partial charge in [0.2, 0.25) is 0 Å². The zero-order valence-corrected chi connectivity index (χ0v) is 8.77. The van der Waals surface area contributed by atoms with E-state index in [4.69, 9.17) is 0 Å². The molecule has 0 aromatic heterocycles. The summed E-state index contributed by atoms with van der Waals surface area (Å²) in [4.78, 5) is 4.60. The fourth-order valence-corrected chi connectivity index (χ4v) is 1.43. The Hall–Kier alpha value is -0.790. The van der Waals surface area contributed by atoms with E-state index in [1.54, 1.807) is 0 Å². The molecule has 1 aliphatic heterocycles. The highest BCUT2D eigenvalue weighted by Crippen LogP contribution is 2.09. The van der Waals surface area contributed by atoms with E-state index >= 15 is 0 Å². The van der Waals surface area contributed by atoms with E-state index < -0.39 is 0 Å². The first-order valence-corrected chi connectivity index (χ1v) is 5.37. The molecule has 2 nitrogen and oxygen atoms in total.